The summed E-state index contributed by atoms with van der Waals surface area (Å²) in [4.78, 5) is 13.7. The minimum Gasteiger partial charge on any atom is -0.494 e. The fourth-order valence-corrected chi connectivity index (χ4v) is 4.01. The molecule has 0 saturated heterocycles. The van der Waals surface area contributed by atoms with Gasteiger partial charge in [-0.25, -0.2) is 14.0 Å². The molecule has 174 valence electrons. The lowest BCUT2D eigenvalue weighted by atomic mass is 10.1. The van der Waals surface area contributed by atoms with Gasteiger partial charge in [-0.05, 0) is 60.5 Å². The molecule has 9 heteroatoms. The first-order chi connectivity index (χ1) is 16.4. The van der Waals surface area contributed by atoms with Crippen LogP contribution in [0.15, 0.2) is 84.1 Å². The Morgan fingerprint density at radius 3 is 2.53 bits per heavy atom. The van der Waals surface area contributed by atoms with E-state index in [1.165, 1.54) is 6.26 Å². The van der Waals surface area contributed by atoms with E-state index in [2.05, 4.69) is 20.6 Å². The number of rotatable bonds is 9. The summed E-state index contributed by atoms with van der Waals surface area (Å²) in [6.07, 6.45) is 6.66. The van der Waals surface area contributed by atoms with Crippen molar-refractivity contribution in [3.8, 4) is 16.9 Å². The molecule has 8 nitrogen and oxygen atoms in total. The van der Waals surface area contributed by atoms with Gasteiger partial charge in [0.2, 0.25) is 5.95 Å². The monoisotopic (exact) mass is 474 g/mol. The van der Waals surface area contributed by atoms with E-state index >= 15 is 0 Å². The topological polar surface area (TPSA) is 113 Å². The van der Waals surface area contributed by atoms with Gasteiger partial charge in [0.1, 0.15) is 11.6 Å². The molecular weight excluding hydrogens is 448 g/mol. The molecule has 0 radical (unpaired) electrons. The van der Waals surface area contributed by atoms with Crippen LogP contribution in [0.5, 0.6) is 5.75 Å². The zero-order valence-corrected chi connectivity index (χ0v) is 19.8. The van der Waals surface area contributed by atoms with Crippen LogP contribution in [-0.2, 0) is 16.3 Å². The van der Waals surface area contributed by atoms with Crippen LogP contribution in [0.1, 0.15) is 12.5 Å². The zero-order chi connectivity index (χ0) is 24.0. The summed E-state index contributed by atoms with van der Waals surface area (Å²) in [6.45, 7) is 3.12. The van der Waals surface area contributed by atoms with Crippen LogP contribution < -0.4 is 15.4 Å². The van der Waals surface area contributed by atoms with Gasteiger partial charge >= 0.3 is 0 Å². The number of ether oxygens (including phenoxy) is 1. The first-order valence-corrected chi connectivity index (χ1v) is 12.7. The highest BCUT2D eigenvalue weighted by Gasteiger charge is 2.11. The van der Waals surface area contributed by atoms with E-state index in [9.17, 15) is 4.21 Å². The molecular formula is C25H26N6O2S. The quantitative estimate of drug-likeness (QED) is 0.300. The Morgan fingerprint density at radius 2 is 1.82 bits per heavy atom. The Labute approximate surface area is 199 Å². The van der Waals surface area contributed by atoms with Gasteiger partial charge in [-0.3, -0.25) is 4.98 Å². The first kappa shape index (κ1) is 23.2. The van der Waals surface area contributed by atoms with Crippen molar-refractivity contribution < 1.29 is 8.95 Å². The third-order valence-corrected chi connectivity index (χ3v) is 6.17. The number of anilines is 3. The number of benzene rings is 2. The van der Waals surface area contributed by atoms with Gasteiger partial charge in [0.25, 0.3) is 0 Å². The van der Waals surface area contributed by atoms with E-state index in [1.54, 1.807) is 36.8 Å². The molecule has 0 aliphatic heterocycles. The summed E-state index contributed by atoms with van der Waals surface area (Å²) < 4.78 is 25.5. The average molecular weight is 475 g/mol. The van der Waals surface area contributed by atoms with E-state index < -0.39 is 9.73 Å². The van der Waals surface area contributed by atoms with Gasteiger partial charge in [-0.1, -0.05) is 18.2 Å². The summed E-state index contributed by atoms with van der Waals surface area (Å²) in [7, 11) is -2.82. The molecule has 2 aromatic heterocycles. The largest absolute Gasteiger partial charge is 0.494 e. The predicted octanol–water partition coefficient (Wildman–Crippen LogP) is 5.33. The molecule has 4 aromatic rings. The molecule has 0 aliphatic rings. The predicted molar refractivity (Wildman–Crippen MR) is 135 cm³/mol. The number of hydrogen-bond acceptors (Lipinski definition) is 8. The highest BCUT2D eigenvalue weighted by Crippen LogP contribution is 2.29. The second kappa shape index (κ2) is 10.3. The van der Waals surface area contributed by atoms with Crippen molar-refractivity contribution in [2.45, 2.75) is 18.4 Å². The van der Waals surface area contributed by atoms with E-state index in [1.807, 2.05) is 49.4 Å². The molecule has 2 heterocycles. The number of aromatic nitrogens is 3. The van der Waals surface area contributed by atoms with Gasteiger partial charge in [0.05, 0.1) is 16.3 Å². The van der Waals surface area contributed by atoms with Crippen molar-refractivity contribution in [2.75, 3.05) is 23.5 Å². The van der Waals surface area contributed by atoms with Crippen molar-refractivity contribution >= 4 is 27.2 Å². The lowest BCUT2D eigenvalue weighted by Crippen LogP contribution is -2.07. The average Bonchev–Trinajstić information content (AvgIpc) is 2.84. The summed E-state index contributed by atoms with van der Waals surface area (Å²) in [6, 6.07) is 18.6. The maximum absolute atomic E-state index is 12.1. The number of pyridine rings is 1. The van der Waals surface area contributed by atoms with E-state index in [4.69, 9.17) is 14.5 Å². The molecule has 0 spiro atoms. The molecule has 2 aromatic carbocycles. The van der Waals surface area contributed by atoms with Gasteiger partial charge < -0.3 is 15.4 Å². The van der Waals surface area contributed by atoms with Crippen LogP contribution in [0.3, 0.4) is 0 Å². The maximum Gasteiger partial charge on any atom is 0.229 e. The Balaban J connectivity index is 1.65. The lowest BCUT2D eigenvalue weighted by molar-refractivity contribution is 0.340. The van der Waals surface area contributed by atoms with Crippen LogP contribution in [0, 0.1) is 4.78 Å². The Bertz CT molecular complexity index is 1360. The fourth-order valence-electron chi connectivity index (χ4n) is 3.32. The minimum absolute atomic E-state index is 0.386. The smallest absolute Gasteiger partial charge is 0.229 e. The van der Waals surface area contributed by atoms with Crippen molar-refractivity contribution in [1.82, 2.24) is 15.0 Å². The standard InChI is InChI=1S/C25H26N6O2S/c1-3-33-21-9-7-19(8-10-21)23-17-29-25(30-20-5-4-6-22(15-20)34(2,26)32)31-24(23)28-16-18-11-13-27-14-12-18/h4-15,17,26H,3,16H2,1-2H3,(H2,28,29,30,31). The third kappa shape index (κ3) is 5.87. The Morgan fingerprint density at radius 1 is 1.06 bits per heavy atom. The molecule has 0 bridgehead atoms. The normalized spacial score (nSPS) is 12.5. The van der Waals surface area contributed by atoms with Crippen molar-refractivity contribution in [1.29, 1.82) is 4.78 Å². The molecule has 3 N–H and O–H groups in total. The minimum atomic E-state index is -2.82. The van der Waals surface area contributed by atoms with Crippen LogP contribution in [0.2, 0.25) is 0 Å². The van der Waals surface area contributed by atoms with Gasteiger partial charge in [0.15, 0.2) is 0 Å². The number of hydrogen-bond donors (Lipinski definition) is 3. The first-order valence-electron chi connectivity index (χ1n) is 10.8. The zero-order valence-electron chi connectivity index (χ0n) is 19.0. The Kier molecular flexibility index (Phi) is 7.03. The Hall–Kier alpha value is -3.98. The summed E-state index contributed by atoms with van der Waals surface area (Å²) in [5, 5.41) is 6.56. The van der Waals surface area contributed by atoms with Crippen LogP contribution in [-0.4, -0.2) is 32.0 Å². The lowest BCUT2D eigenvalue weighted by Gasteiger charge is -2.14. The maximum atomic E-state index is 12.1. The highest BCUT2D eigenvalue weighted by molar-refractivity contribution is 7.91. The fraction of sp³-hybridized carbons (Fsp3) is 0.160. The molecule has 1 atom stereocenters. The third-order valence-electron chi connectivity index (χ3n) is 5.01. The van der Waals surface area contributed by atoms with Crippen molar-refractivity contribution in [2.24, 2.45) is 0 Å². The molecule has 0 fully saturated rings. The summed E-state index contributed by atoms with van der Waals surface area (Å²) in [5.41, 5.74) is 3.53. The van der Waals surface area contributed by atoms with Crippen molar-refractivity contribution in [3.63, 3.8) is 0 Å². The van der Waals surface area contributed by atoms with Gasteiger partial charge in [-0.2, -0.15) is 4.98 Å². The van der Waals surface area contributed by atoms with E-state index in [0.29, 0.717) is 35.5 Å². The van der Waals surface area contributed by atoms with E-state index in [-0.39, 0.29) is 0 Å². The molecule has 1 unspecified atom stereocenters. The molecule has 0 aliphatic carbocycles. The van der Waals surface area contributed by atoms with Gasteiger partial charge in [-0.15, -0.1) is 0 Å². The summed E-state index contributed by atoms with van der Waals surface area (Å²) in [5.74, 6) is 1.85. The molecule has 34 heavy (non-hydrogen) atoms. The molecule has 0 saturated carbocycles. The van der Waals surface area contributed by atoms with Crippen molar-refractivity contribution in [3.05, 3.63) is 84.8 Å². The van der Waals surface area contributed by atoms with Crippen LogP contribution in [0.4, 0.5) is 17.5 Å². The second-order valence-corrected chi connectivity index (χ2v) is 9.78. The van der Waals surface area contributed by atoms with Crippen LogP contribution in [0.25, 0.3) is 11.1 Å². The van der Waals surface area contributed by atoms with Crippen LogP contribution >= 0.6 is 0 Å². The SMILES string of the molecule is CCOc1ccc(-c2cnc(Nc3cccc(S(C)(=N)=O)c3)nc2NCc2ccncc2)cc1. The van der Waals surface area contributed by atoms with Gasteiger partial charge in [0, 0.05) is 47.5 Å². The number of nitrogens with one attached hydrogen (secondary N) is 3. The highest BCUT2D eigenvalue weighted by atomic mass is 32.2. The second-order valence-electron chi connectivity index (χ2n) is 7.62. The van der Waals surface area contributed by atoms with E-state index in [0.717, 1.165) is 22.4 Å². The number of nitrogens with zero attached hydrogens (tertiary/aromatic N) is 3. The molecule has 0 amide bonds. The molecule has 4 rings (SSSR count). The summed E-state index contributed by atoms with van der Waals surface area (Å²) >= 11 is 0.